The zero-order valence-corrected chi connectivity index (χ0v) is 13.5. The van der Waals surface area contributed by atoms with Crippen LogP contribution in [-0.4, -0.2) is 36.6 Å². The number of carbonyl (C=O) groups is 1. The summed E-state index contributed by atoms with van der Waals surface area (Å²) in [5.74, 6) is 0.116. The molecule has 0 bridgehead atoms. The summed E-state index contributed by atoms with van der Waals surface area (Å²) in [6.07, 6.45) is 5.24. The predicted molar refractivity (Wildman–Crippen MR) is 83.7 cm³/mol. The van der Waals surface area contributed by atoms with E-state index in [-0.39, 0.29) is 23.4 Å². The minimum absolute atomic E-state index is 0.0345. The molecule has 1 fully saturated rings. The maximum Gasteiger partial charge on any atom is 0.387 e. The predicted octanol–water partition coefficient (Wildman–Crippen LogP) is 3.71. The fraction of sp³-hybridized carbons (Fsp3) is 0.471. The lowest BCUT2D eigenvalue weighted by atomic mass is 10.1. The zero-order chi connectivity index (χ0) is 17.0. The Bertz CT molecular complexity index is 581. The third-order valence-corrected chi connectivity index (χ3v) is 3.57. The molecule has 0 N–H and O–H groups in total. The van der Waals surface area contributed by atoms with Gasteiger partial charge in [-0.05, 0) is 50.5 Å². The lowest BCUT2D eigenvalue weighted by molar-refractivity contribution is -0.128. The topological polar surface area (TPSA) is 38.8 Å². The average Bonchev–Trinajstić information content (AvgIpc) is 3.30. The van der Waals surface area contributed by atoms with Crippen molar-refractivity contribution in [1.29, 1.82) is 0 Å². The van der Waals surface area contributed by atoms with Crippen LogP contribution in [0.25, 0.3) is 6.08 Å². The summed E-state index contributed by atoms with van der Waals surface area (Å²) in [6.45, 7) is 1.07. The van der Waals surface area contributed by atoms with E-state index in [1.165, 1.54) is 19.3 Å². The molecule has 1 aromatic rings. The lowest BCUT2D eigenvalue weighted by Crippen LogP contribution is -2.37. The van der Waals surface area contributed by atoms with Crippen LogP contribution >= 0.6 is 0 Å². The Kier molecular flexibility index (Phi) is 5.58. The monoisotopic (exact) mass is 325 g/mol. The molecule has 1 aliphatic rings. The van der Waals surface area contributed by atoms with E-state index < -0.39 is 6.61 Å². The summed E-state index contributed by atoms with van der Waals surface area (Å²) in [5, 5.41) is 0. The van der Waals surface area contributed by atoms with Crippen molar-refractivity contribution >= 4 is 12.0 Å². The first-order chi connectivity index (χ1) is 10.9. The smallest absolute Gasteiger partial charge is 0.387 e. The van der Waals surface area contributed by atoms with Crippen LogP contribution in [0.2, 0.25) is 0 Å². The van der Waals surface area contributed by atoms with E-state index in [0.717, 1.165) is 12.8 Å². The van der Waals surface area contributed by atoms with Crippen molar-refractivity contribution in [3.8, 4) is 11.5 Å². The number of rotatable bonds is 7. The number of halogens is 2. The van der Waals surface area contributed by atoms with E-state index >= 15 is 0 Å². The Balaban J connectivity index is 2.11. The number of carbonyl (C=O) groups excluding carboxylic acids is 1. The molecule has 2 rings (SSSR count). The number of nitrogens with zero attached hydrogens (tertiary/aromatic N) is 1. The van der Waals surface area contributed by atoms with Crippen molar-refractivity contribution < 1.29 is 23.0 Å². The van der Waals surface area contributed by atoms with Gasteiger partial charge in [0, 0.05) is 18.2 Å². The normalized spacial score (nSPS) is 14.6. The fourth-order valence-electron chi connectivity index (χ4n) is 2.44. The van der Waals surface area contributed by atoms with Crippen molar-refractivity contribution in [3.63, 3.8) is 0 Å². The second-order valence-corrected chi connectivity index (χ2v) is 5.69. The van der Waals surface area contributed by atoms with Crippen LogP contribution in [0.1, 0.15) is 32.3 Å². The molecule has 1 aliphatic carbocycles. The zero-order valence-electron chi connectivity index (χ0n) is 13.5. The Labute approximate surface area is 134 Å². The maximum absolute atomic E-state index is 12.3. The summed E-state index contributed by atoms with van der Waals surface area (Å²) in [6, 6.07) is 5.04. The highest BCUT2D eigenvalue weighted by Crippen LogP contribution is 2.31. The molecule has 1 amide bonds. The third kappa shape index (κ3) is 4.68. The summed E-state index contributed by atoms with van der Waals surface area (Å²) in [5.41, 5.74) is 0.677. The Morgan fingerprint density at radius 3 is 2.52 bits per heavy atom. The lowest BCUT2D eigenvalue weighted by Gasteiger charge is -2.25. The van der Waals surface area contributed by atoms with Crippen LogP contribution in [0.4, 0.5) is 8.78 Å². The molecule has 1 saturated carbocycles. The molecule has 0 saturated heterocycles. The van der Waals surface area contributed by atoms with Crippen molar-refractivity contribution in [1.82, 2.24) is 4.90 Å². The van der Waals surface area contributed by atoms with E-state index in [0.29, 0.717) is 11.6 Å². The number of hydrogen-bond donors (Lipinski definition) is 0. The van der Waals surface area contributed by atoms with Crippen molar-refractivity contribution in [2.75, 3.05) is 7.11 Å². The summed E-state index contributed by atoms with van der Waals surface area (Å²) >= 11 is 0. The summed E-state index contributed by atoms with van der Waals surface area (Å²) in [4.78, 5) is 14.2. The summed E-state index contributed by atoms with van der Waals surface area (Å²) in [7, 11) is 1.37. The van der Waals surface area contributed by atoms with Crippen molar-refractivity contribution in [2.24, 2.45) is 0 Å². The van der Waals surface area contributed by atoms with Gasteiger partial charge >= 0.3 is 6.61 Å². The van der Waals surface area contributed by atoms with E-state index in [2.05, 4.69) is 4.74 Å². The quantitative estimate of drug-likeness (QED) is 0.717. The average molecular weight is 325 g/mol. The van der Waals surface area contributed by atoms with Crippen molar-refractivity contribution in [3.05, 3.63) is 29.8 Å². The molecule has 23 heavy (non-hydrogen) atoms. The van der Waals surface area contributed by atoms with Crippen LogP contribution in [0, 0.1) is 0 Å². The molecule has 0 spiro atoms. The largest absolute Gasteiger partial charge is 0.493 e. The molecule has 0 radical (unpaired) electrons. The first kappa shape index (κ1) is 17.2. The first-order valence-electron chi connectivity index (χ1n) is 7.55. The molecule has 6 heteroatoms. The molecule has 0 aromatic heterocycles. The van der Waals surface area contributed by atoms with Crippen LogP contribution in [0.5, 0.6) is 11.5 Å². The minimum Gasteiger partial charge on any atom is -0.493 e. The highest BCUT2D eigenvalue weighted by atomic mass is 19.3. The van der Waals surface area contributed by atoms with E-state index in [1.807, 2.05) is 18.7 Å². The van der Waals surface area contributed by atoms with Gasteiger partial charge in [-0.3, -0.25) is 4.79 Å². The van der Waals surface area contributed by atoms with Crippen molar-refractivity contribution in [2.45, 2.75) is 45.4 Å². The molecule has 0 heterocycles. The molecule has 0 atom stereocenters. The van der Waals surface area contributed by atoms with Gasteiger partial charge in [-0.1, -0.05) is 6.07 Å². The molecule has 1 aromatic carbocycles. The van der Waals surface area contributed by atoms with Gasteiger partial charge in [0.15, 0.2) is 11.5 Å². The maximum atomic E-state index is 12.3. The molecule has 0 unspecified atom stereocenters. The van der Waals surface area contributed by atoms with Crippen LogP contribution in [-0.2, 0) is 4.79 Å². The van der Waals surface area contributed by atoms with Gasteiger partial charge in [-0.15, -0.1) is 0 Å². The number of hydrogen-bond acceptors (Lipinski definition) is 3. The molecule has 126 valence electrons. The Morgan fingerprint density at radius 2 is 2.00 bits per heavy atom. The number of alkyl halides is 2. The molecular weight excluding hydrogens is 304 g/mol. The highest BCUT2D eigenvalue weighted by Gasteiger charge is 2.33. The third-order valence-electron chi connectivity index (χ3n) is 3.57. The highest BCUT2D eigenvalue weighted by molar-refractivity contribution is 5.92. The fourth-order valence-corrected chi connectivity index (χ4v) is 2.44. The van der Waals surface area contributed by atoms with Crippen LogP contribution in [0.3, 0.4) is 0 Å². The van der Waals surface area contributed by atoms with Gasteiger partial charge in [0.1, 0.15) is 0 Å². The van der Waals surface area contributed by atoms with E-state index in [4.69, 9.17) is 4.74 Å². The second kappa shape index (κ2) is 7.44. The standard InChI is InChI=1S/C17H21F2NO3/c1-11(2)20(13-6-7-13)16(21)9-5-12-4-8-14(23-17(18)19)15(10-12)22-3/h4-5,8-11,13,17H,6-7H2,1-3H3/b9-5+. The van der Waals surface area contributed by atoms with Gasteiger partial charge in [-0.25, -0.2) is 0 Å². The number of methoxy groups -OCH3 is 1. The number of amides is 1. The second-order valence-electron chi connectivity index (χ2n) is 5.69. The van der Waals surface area contributed by atoms with Gasteiger partial charge in [-0.2, -0.15) is 8.78 Å². The van der Waals surface area contributed by atoms with Gasteiger partial charge in [0.2, 0.25) is 5.91 Å². The molecule has 0 aliphatic heterocycles. The Morgan fingerprint density at radius 1 is 1.30 bits per heavy atom. The minimum atomic E-state index is -2.91. The SMILES string of the molecule is COc1cc(/C=C/C(=O)N(C(C)C)C2CC2)ccc1OC(F)F. The van der Waals surface area contributed by atoms with Gasteiger partial charge in [0.25, 0.3) is 0 Å². The molecule has 4 nitrogen and oxygen atoms in total. The van der Waals surface area contributed by atoms with Gasteiger partial charge < -0.3 is 14.4 Å². The Hall–Kier alpha value is -2.11. The summed E-state index contributed by atoms with van der Waals surface area (Å²) < 4.78 is 34.0. The number of benzene rings is 1. The van der Waals surface area contributed by atoms with E-state index in [9.17, 15) is 13.6 Å². The first-order valence-corrected chi connectivity index (χ1v) is 7.55. The van der Waals surface area contributed by atoms with Gasteiger partial charge in [0.05, 0.1) is 7.11 Å². The number of ether oxygens (including phenoxy) is 2. The van der Waals surface area contributed by atoms with Crippen LogP contribution < -0.4 is 9.47 Å². The van der Waals surface area contributed by atoms with Crippen LogP contribution in [0.15, 0.2) is 24.3 Å². The molecular formula is C17H21F2NO3. The van der Waals surface area contributed by atoms with E-state index in [1.54, 1.807) is 18.2 Å².